The van der Waals surface area contributed by atoms with Gasteiger partial charge >= 0.3 is 0 Å². The minimum absolute atomic E-state index is 0.229. The first-order valence-electron chi connectivity index (χ1n) is 10.00. The first-order valence-corrected chi connectivity index (χ1v) is 11.4. The van der Waals surface area contributed by atoms with Crippen LogP contribution in [0.25, 0.3) is 10.8 Å². The SMILES string of the molecule is CCOc1ccc(S(=O)(=O)N2CCCc3cccc(NC(C)=O)c32)c2ccccc12. The fourth-order valence-corrected chi connectivity index (χ4v) is 5.77. The van der Waals surface area contributed by atoms with Crippen molar-refractivity contribution in [3.63, 3.8) is 0 Å². The van der Waals surface area contributed by atoms with Gasteiger partial charge in [-0.2, -0.15) is 0 Å². The van der Waals surface area contributed by atoms with Gasteiger partial charge < -0.3 is 10.1 Å². The zero-order chi connectivity index (χ0) is 21.3. The number of ether oxygens (including phenoxy) is 1. The molecule has 30 heavy (non-hydrogen) atoms. The van der Waals surface area contributed by atoms with Gasteiger partial charge in [-0.3, -0.25) is 9.10 Å². The van der Waals surface area contributed by atoms with Crippen LogP contribution in [0.1, 0.15) is 25.8 Å². The maximum absolute atomic E-state index is 13.8. The Kier molecular flexibility index (Phi) is 5.39. The molecule has 0 aromatic heterocycles. The Morgan fingerprint density at radius 2 is 1.83 bits per heavy atom. The minimum atomic E-state index is -3.87. The van der Waals surface area contributed by atoms with Gasteiger partial charge in [0.25, 0.3) is 10.0 Å². The number of hydrogen-bond acceptors (Lipinski definition) is 4. The lowest BCUT2D eigenvalue weighted by Crippen LogP contribution is -2.36. The van der Waals surface area contributed by atoms with Gasteiger partial charge in [-0.25, -0.2) is 8.42 Å². The molecule has 0 saturated carbocycles. The zero-order valence-corrected chi connectivity index (χ0v) is 17.8. The summed E-state index contributed by atoms with van der Waals surface area (Å²) in [5.41, 5.74) is 1.97. The Morgan fingerprint density at radius 3 is 2.57 bits per heavy atom. The first kappa shape index (κ1) is 20.2. The van der Waals surface area contributed by atoms with Crippen molar-refractivity contribution in [1.82, 2.24) is 0 Å². The summed E-state index contributed by atoms with van der Waals surface area (Å²) in [6.45, 7) is 4.16. The third kappa shape index (κ3) is 3.50. The Bertz CT molecular complexity index is 1220. The molecule has 0 bridgehead atoms. The molecule has 0 saturated heterocycles. The Balaban J connectivity index is 1.90. The van der Waals surface area contributed by atoms with Crippen molar-refractivity contribution >= 4 is 38.1 Å². The summed E-state index contributed by atoms with van der Waals surface area (Å²) < 4.78 is 34.8. The van der Waals surface area contributed by atoms with Crippen molar-refractivity contribution in [2.45, 2.75) is 31.6 Å². The van der Waals surface area contributed by atoms with E-state index in [0.29, 0.717) is 42.1 Å². The molecule has 156 valence electrons. The van der Waals surface area contributed by atoms with Crippen LogP contribution < -0.4 is 14.4 Å². The molecule has 1 heterocycles. The van der Waals surface area contributed by atoms with Crippen molar-refractivity contribution in [2.75, 3.05) is 22.8 Å². The quantitative estimate of drug-likeness (QED) is 0.661. The third-order valence-corrected chi connectivity index (χ3v) is 7.06. The highest BCUT2D eigenvalue weighted by molar-refractivity contribution is 7.93. The molecule has 1 amide bonds. The number of anilines is 2. The molecule has 0 aliphatic carbocycles. The van der Waals surface area contributed by atoms with Crippen molar-refractivity contribution in [3.8, 4) is 5.75 Å². The Morgan fingerprint density at radius 1 is 1.07 bits per heavy atom. The van der Waals surface area contributed by atoms with E-state index >= 15 is 0 Å². The molecule has 3 aromatic carbocycles. The number of fused-ring (bicyclic) bond motifs is 2. The maximum atomic E-state index is 13.8. The summed E-state index contributed by atoms with van der Waals surface area (Å²) in [6.07, 6.45) is 1.48. The van der Waals surface area contributed by atoms with Crippen molar-refractivity contribution in [3.05, 3.63) is 60.2 Å². The number of hydrogen-bond donors (Lipinski definition) is 1. The van der Waals surface area contributed by atoms with Gasteiger partial charge in [-0.1, -0.05) is 36.4 Å². The third-order valence-electron chi connectivity index (χ3n) is 5.20. The summed E-state index contributed by atoms with van der Waals surface area (Å²) in [7, 11) is -3.87. The van der Waals surface area contributed by atoms with Crippen LogP contribution in [0, 0.1) is 0 Å². The van der Waals surface area contributed by atoms with Crippen LogP contribution in [-0.4, -0.2) is 27.5 Å². The number of nitrogens with zero attached hydrogens (tertiary/aromatic N) is 1. The molecule has 0 radical (unpaired) electrons. The number of benzene rings is 3. The van der Waals surface area contributed by atoms with Crippen molar-refractivity contribution in [2.24, 2.45) is 0 Å². The average molecular weight is 425 g/mol. The van der Waals surface area contributed by atoms with Gasteiger partial charge in [0.15, 0.2) is 0 Å². The largest absolute Gasteiger partial charge is 0.493 e. The van der Waals surface area contributed by atoms with Gasteiger partial charge in [0.05, 0.1) is 22.9 Å². The van der Waals surface area contributed by atoms with Crippen LogP contribution >= 0.6 is 0 Å². The normalized spacial score (nSPS) is 13.7. The number of carbonyl (C=O) groups is 1. The van der Waals surface area contributed by atoms with E-state index < -0.39 is 10.0 Å². The number of carbonyl (C=O) groups excluding carboxylic acids is 1. The molecule has 0 spiro atoms. The van der Waals surface area contributed by atoms with Gasteiger partial charge in [-0.05, 0) is 43.5 Å². The molecule has 1 aliphatic heterocycles. The summed E-state index contributed by atoms with van der Waals surface area (Å²) in [4.78, 5) is 11.9. The summed E-state index contributed by atoms with van der Waals surface area (Å²) >= 11 is 0. The number of nitrogens with one attached hydrogen (secondary N) is 1. The number of amides is 1. The van der Waals surface area contributed by atoms with Crippen LogP contribution in [0.3, 0.4) is 0 Å². The molecule has 7 heteroatoms. The zero-order valence-electron chi connectivity index (χ0n) is 17.0. The van der Waals surface area contributed by atoms with E-state index in [1.807, 2.05) is 37.3 Å². The fraction of sp³-hybridized carbons (Fsp3) is 0.261. The van der Waals surface area contributed by atoms with E-state index in [-0.39, 0.29) is 10.8 Å². The summed E-state index contributed by atoms with van der Waals surface area (Å²) in [5.74, 6) is 0.419. The molecule has 1 aliphatic rings. The van der Waals surface area contributed by atoms with E-state index in [2.05, 4.69) is 5.32 Å². The predicted octanol–water partition coefficient (Wildman–Crippen LogP) is 4.34. The highest BCUT2D eigenvalue weighted by Gasteiger charge is 2.32. The molecule has 0 fully saturated rings. The van der Waals surface area contributed by atoms with E-state index in [1.54, 1.807) is 24.3 Å². The molecule has 0 atom stereocenters. The molecule has 6 nitrogen and oxygen atoms in total. The highest BCUT2D eigenvalue weighted by atomic mass is 32.2. The topological polar surface area (TPSA) is 75.7 Å². The Labute approximate surface area is 176 Å². The lowest BCUT2D eigenvalue weighted by atomic mass is 10.0. The number of sulfonamides is 1. The smallest absolute Gasteiger partial charge is 0.265 e. The second-order valence-corrected chi connectivity index (χ2v) is 9.05. The number of aryl methyl sites for hydroxylation is 1. The molecule has 3 aromatic rings. The predicted molar refractivity (Wildman–Crippen MR) is 119 cm³/mol. The van der Waals surface area contributed by atoms with Crippen molar-refractivity contribution < 1.29 is 17.9 Å². The second kappa shape index (κ2) is 7.99. The summed E-state index contributed by atoms with van der Waals surface area (Å²) in [5, 5.41) is 4.16. The van der Waals surface area contributed by atoms with E-state index in [4.69, 9.17) is 4.74 Å². The lowest BCUT2D eigenvalue weighted by Gasteiger charge is -2.32. The molecule has 4 rings (SSSR count). The van der Waals surface area contributed by atoms with Gasteiger partial charge in [0.1, 0.15) is 5.75 Å². The van der Waals surface area contributed by atoms with Crippen LogP contribution in [0.5, 0.6) is 5.75 Å². The molecule has 1 N–H and O–H groups in total. The van der Waals surface area contributed by atoms with E-state index in [1.165, 1.54) is 11.2 Å². The molecule has 0 unspecified atom stereocenters. The van der Waals surface area contributed by atoms with Crippen LogP contribution in [0.15, 0.2) is 59.5 Å². The molecular formula is C23H24N2O4S. The van der Waals surface area contributed by atoms with Gasteiger partial charge in [0.2, 0.25) is 5.91 Å². The standard InChI is InChI=1S/C23H24N2O4S/c1-3-29-21-13-14-22(19-11-5-4-10-18(19)21)30(27,28)25-15-7-9-17-8-6-12-20(23(17)25)24-16(2)26/h4-6,8,10-14H,3,7,9,15H2,1-2H3,(H,24,26). The fourth-order valence-electron chi connectivity index (χ4n) is 4.01. The average Bonchev–Trinajstić information content (AvgIpc) is 2.73. The number of rotatable bonds is 5. The van der Waals surface area contributed by atoms with E-state index in [0.717, 1.165) is 17.4 Å². The second-order valence-electron chi connectivity index (χ2n) is 7.22. The molecular weight excluding hydrogens is 400 g/mol. The first-order chi connectivity index (χ1) is 14.4. The van der Waals surface area contributed by atoms with Crippen molar-refractivity contribution in [1.29, 1.82) is 0 Å². The maximum Gasteiger partial charge on any atom is 0.265 e. The van der Waals surface area contributed by atoms with Crippen LogP contribution in [-0.2, 0) is 21.2 Å². The van der Waals surface area contributed by atoms with Gasteiger partial charge in [-0.15, -0.1) is 0 Å². The Hall–Kier alpha value is -3.06. The van der Waals surface area contributed by atoms with Crippen LogP contribution in [0.4, 0.5) is 11.4 Å². The van der Waals surface area contributed by atoms with Crippen LogP contribution in [0.2, 0.25) is 0 Å². The summed E-state index contributed by atoms with van der Waals surface area (Å²) in [6, 6.07) is 16.2. The monoisotopic (exact) mass is 424 g/mol. The van der Waals surface area contributed by atoms with E-state index in [9.17, 15) is 13.2 Å². The highest BCUT2D eigenvalue weighted by Crippen LogP contribution is 2.40. The minimum Gasteiger partial charge on any atom is -0.493 e. The number of para-hydroxylation sites is 1. The lowest BCUT2D eigenvalue weighted by molar-refractivity contribution is -0.114. The van der Waals surface area contributed by atoms with Gasteiger partial charge in [0, 0.05) is 24.2 Å².